The lowest BCUT2D eigenvalue weighted by molar-refractivity contribution is 0.250. The fourth-order valence-corrected chi connectivity index (χ4v) is 3.71. The van der Waals surface area contributed by atoms with E-state index in [1.807, 2.05) is 18.5 Å². The van der Waals surface area contributed by atoms with E-state index in [-0.39, 0.29) is 12.0 Å². The molecular formula is C15H18FN6P. The average Bonchev–Trinajstić information content (AvgIpc) is 3.28. The molecule has 1 aliphatic heterocycles. The molecule has 3 atom stereocenters. The second-order valence-electron chi connectivity index (χ2n) is 5.94. The van der Waals surface area contributed by atoms with Gasteiger partial charge in [-0.3, -0.25) is 9.35 Å². The maximum absolute atomic E-state index is 13.6. The highest BCUT2D eigenvalue weighted by Gasteiger charge is 2.30. The van der Waals surface area contributed by atoms with E-state index in [4.69, 9.17) is 0 Å². The van der Waals surface area contributed by atoms with Crippen molar-refractivity contribution >= 4 is 20.4 Å². The van der Waals surface area contributed by atoms with E-state index in [1.54, 1.807) is 10.9 Å². The van der Waals surface area contributed by atoms with Crippen molar-refractivity contribution in [2.24, 2.45) is 5.92 Å². The monoisotopic (exact) mass is 332 g/mol. The Bertz CT molecular complexity index is 815. The highest BCUT2D eigenvalue weighted by molar-refractivity contribution is 7.13. The first-order chi connectivity index (χ1) is 11.3. The van der Waals surface area contributed by atoms with E-state index in [9.17, 15) is 4.39 Å². The quantitative estimate of drug-likeness (QED) is 0.746. The Hall–Kier alpha value is -1.85. The van der Waals surface area contributed by atoms with Crippen LogP contribution in [-0.2, 0) is 0 Å². The smallest absolute Gasteiger partial charge is 0.141 e. The van der Waals surface area contributed by atoms with Gasteiger partial charge in [-0.05, 0) is 18.4 Å². The zero-order valence-electron chi connectivity index (χ0n) is 12.6. The molecule has 120 valence electrons. The normalized spacial score (nSPS) is 20.3. The summed E-state index contributed by atoms with van der Waals surface area (Å²) in [6.45, 7) is 1.45. The lowest BCUT2D eigenvalue weighted by Gasteiger charge is -2.20. The van der Waals surface area contributed by atoms with Gasteiger partial charge in [0.05, 0.1) is 17.9 Å². The lowest BCUT2D eigenvalue weighted by Crippen LogP contribution is -2.23. The van der Waals surface area contributed by atoms with Gasteiger partial charge in [0.15, 0.2) is 0 Å². The standard InChI is InChI=1S/C15H18FN6P/c16-5-13(10-2-4-21(23)7-10)22-8-11(6-20-22)14-12-1-3-17-15(12)19-9-18-14/h1,3,6,8-10,13H,2,4-5,7,23H2,(H,17,18,19). The van der Waals surface area contributed by atoms with Gasteiger partial charge in [-0.2, -0.15) is 5.10 Å². The van der Waals surface area contributed by atoms with Crippen molar-refractivity contribution in [2.75, 3.05) is 19.8 Å². The van der Waals surface area contributed by atoms with E-state index < -0.39 is 6.67 Å². The van der Waals surface area contributed by atoms with Crippen LogP contribution in [-0.4, -0.2) is 49.2 Å². The summed E-state index contributed by atoms with van der Waals surface area (Å²) in [6.07, 6.45) is 8.00. The van der Waals surface area contributed by atoms with Crippen LogP contribution in [0.5, 0.6) is 0 Å². The Balaban J connectivity index is 1.67. The van der Waals surface area contributed by atoms with Crippen LogP contribution < -0.4 is 0 Å². The van der Waals surface area contributed by atoms with Crippen molar-refractivity contribution in [1.82, 2.24) is 29.4 Å². The number of halogens is 1. The SMILES string of the molecule is FCC(C1CCN(P)C1)n1cc(-c2ncnc3[nH]ccc23)cn1. The third-order valence-corrected chi connectivity index (χ3v) is 5.00. The molecule has 1 saturated heterocycles. The average molecular weight is 332 g/mol. The van der Waals surface area contributed by atoms with Crippen LogP contribution >= 0.6 is 9.39 Å². The third kappa shape index (κ3) is 2.64. The molecule has 0 bridgehead atoms. The maximum Gasteiger partial charge on any atom is 0.141 e. The minimum absolute atomic E-state index is 0.224. The van der Waals surface area contributed by atoms with Gasteiger partial charge in [0, 0.05) is 36.4 Å². The molecule has 6 nitrogen and oxygen atoms in total. The summed E-state index contributed by atoms with van der Waals surface area (Å²) in [6, 6.07) is 1.72. The molecule has 3 aromatic rings. The molecule has 0 radical (unpaired) electrons. The van der Waals surface area contributed by atoms with Crippen molar-refractivity contribution in [3.05, 3.63) is 31.0 Å². The van der Waals surface area contributed by atoms with Crippen LogP contribution in [0.15, 0.2) is 31.0 Å². The van der Waals surface area contributed by atoms with Crippen molar-refractivity contribution in [1.29, 1.82) is 0 Å². The molecule has 0 saturated carbocycles. The van der Waals surface area contributed by atoms with E-state index >= 15 is 0 Å². The molecule has 0 aromatic carbocycles. The number of nitrogens with zero attached hydrogens (tertiary/aromatic N) is 5. The number of hydrogen-bond donors (Lipinski definition) is 1. The van der Waals surface area contributed by atoms with Gasteiger partial charge in [-0.1, -0.05) is 9.39 Å². The number of H-pyrrole nitrogens is 1. The van der Waals surface area contributed by atoms with Crippen LogP contribution in [0.1, 0.15) is 12.5 Å². The molecule has 1 aliphatic rings. The summed E-state index contributed by atoms with van der Waals surface area (Å²) in [5.41, 5.74) is 2.50. The number of rotatable bonds is 4. The minimum Gasteiger partial charge on any atom is -0.346 e. The number of nitrogens with one attached hydrogen (secondary N) is 1. The number of fused-ring (bicyclic) bond motifs is 1. The predicted octanol–water partition coefficient (Wildman–Crippen LogP) is 2.44. The van der Waals surface area contributed by atoms with E-state index in [0.717, 1.165) is 41.8 Å². The topological polar surface area (TPSA) is 62.6 Å². The van der Waals surface area contributed by atoms with Crippen molar-refractivity contribution < 1.29 is 4.39 Å². The lowest BCUT2D eigenvalue weighted by atomic mass is 10.0. The Morgan fingerprint density at radius 1 is 1.43 bits per heavy atom. The van der Waals surface area contributed by atoms with Gasteiger partial charge in [0.2, 0.25) is 0 Å². The first kappa shape index (κ1) is 14.7. The van der Waals surface area contributed by atoms with Gasteiger partial charge in [-0.15, -0.1) is 0 Å². The molecule has 4 heterocycles. The molecule has 1 fully saturated rings. The van der Waals surface area contributed by atoms with Gasteiger partial charge in [0.1, 0.15) is 18.6 Å². The van der Waals surface area contributed by atoms with Crippen LogP contribution in [0, 0.1) is 5.92 Å². The fourth-order valence-electron chi connectivity index (χ4n) is 3.29. The maximum atomic E-state index is 13.6. The Morgan fingerprint density at radius 2 is 2.35 bits per heavy atom. The van der Waals surface area contributed by atoms with Crippen LogP contribution in [0.4, 0.5) is 4.39 Å². The molecule has 8 heteroatoms. The molecule has 3 unspecified atom stereocenters. The van der Waals surface area contributed by atoms with Crippen molar-refractivity contribution in [2.45, 2.75) is 12.5 Å². The third-order valence-electron chi connectivity index (χ3n) is 4.53. The summed E-state index contributed by atoms with van der Waals surface area (Å²) in [5, 5.41) is 5.35. The number of alkyl halides is 1. The molecule has 23 heavy (non-hydrogen) atoms. The zero-order valence-corrected chi connectivity index (χ0v) is 13.7. The summed E-state index contributed by atoms with van der Waals surface area (Å²) >= 11 is 0. The molecule has 0 aliphatic carbocycles. The first-order valence-corrected chi connectivity index (χ1v) is 8.16. The van der Waals surface area contributed by atoms with E-state index in [2.05, 4.69) is 34.1 Å². The minimum atomic E-state index is -0.409. The van der Waals surface area contributed by atoms with Crippen molar-refractivity contribution in [3.8, 4) is 11.3 Å². The van der Waals surface area contributed by atoms with E-state index in [1.165, 1.54) is 6.33 Å². The molecule has 4 rings (SSSR count). The number of hydrogen-bond acceptors (Lipinski definition) is 4. The van der Waals surface area contributed by atoms with Gasteiger partial charge in [-0.25, -0.2) is 14.4 Å². The molecular weight excluding hydrogens is 314 g/mol. The highest BCUT2D eigenvalue weighted by atomic mass is 31.0. The largest absolute Gasteiger partial charge is 0.346 e. The Kier molecular flexibility index (Phi) is 3.83. The Morgan fingerprint density at radius 3 is 3.13 bits per heavy atom. The number of aromatic nitrogens is 5. The van der Waals surface area contributed by atoms with Gasteiger partial charge in [0.25, 0.3) is 0 Å². The first-order valence-electron chi connectivity index (χ1n) is 7.64. The second-order valence-corrected chi connectivity index (χ2v) is 6.67. The van der Waals surface area contributed by atoms with Crippen molar-refractivity contribution in [3.63, 3.8) is 0 Å². The van der Waals surface area contributed by atoms with Gasteiger partial charge < -0.3 is 4.98 Å². The van der Waals surface area contributed by atoms with Gasteiger partial charge >= 0.3 is 0 Å². The summed E-state index contributed by atoms with van der Waals surface area (Å²) in [7, 11) is 2.70. The molecule has 1 N–H and O–H groups in total. The molecule has 0 amide bonds. The number of aromatic amines is 1. The summed E-state index contributed by atoms with van der Waals surface area (Å²) in [5.74, 6) is 0.280. The predicted molar refractivity (Wildman–Crippen MR) is 89.5 cm³/mol. The summed E-state index contributed by atoms with van der Waals surface area (Å²) < 4.78 is 17.5. The van der Waals surface area contributed by atoms with Crippen LogP contribution in [0.3, 0.4) is 0 Å². The van der Waals surface area contributed by atoms with Crippen LogP contribution in [0.25, 0.3) is 22.3 Å². The summed E-state index contributed by atoms with van der Waals surface area (Å²) in [4.78, 5) is 11.6. The highest BCUT2D eigenvalue weighted by Crippen LogP contribution is 2.31. The zero-order chi connectivity index (χ0) is 15.8. The van der Waals surface area contributed by atoms with Crippen LogP contribution in [0.2, 0.25) is 0 Å². The Labute approximate surface area is 135 Å². The second kappa shape index (κ2) is 5.98. The fraction of sp³-hybridized carbons (Fsp3) is 0.400. The molecule has 0 spiro atoms. The van der Waals surface area contributed by atoms with E-state index in [0.29, 0.717) is 0 Å². The molecule has 3 aromatic heterocycles.